The van der Waals surface area contributed by atoms with Crippen LogP contribution in [0, 0.1) is 34.5 Å². The molecule has 0 heterocycles. The molecule has 0 amide bonds. The van der Waals surface area contributed by atoms with Crippen molar-refractivity contribution in [3.63, 3.8) is 0 Å². The van der Waals surface area contributed by atoms with Crippen LogP contribution in [0.5, 0.6) is 0 Å². The number of aldehydes is 1. The minimum absolute atomic E-state index is 0.0314. The van der Waals surface area contributed by atoms with E-state index >= 15 is 0 Å². The lowest BCUT2D eigenvalue weighted by Crippen LogP contribution is -2.58. The third-order valence-electron chi connectivity index (χ3n) is 9.03. The van der Waals surface area contributed by atoms with Gasteiger partial charge in [0.05, 0.1) is 18.9 Å². The number of aliphatic carboxylic acids is 1. The average Bonchev–Trinajstić information content (AvgIpc) is 3.15. The van der Waals surface area contributed by atoms with Gasteiger partial charge in [-0.1, -0.05) is 12.5 Å². The van der Waals surface area contributed by atoms with Crippen LogP contribution in [-0.4, -0.2) is 52.7 Å². The zero-order valence-corrected chi connectivity index (χ0v) is 19.0. The summed E-state index contributed by atoms with van der Waals surface area (Å²) in [5.41, 5.74) is -0.142. The highest BCUT2D eigenvalue weighted by atomic mass is 16.5. The van der Waals surface area contributed by atoms with Gasteiger partial charge in [0, 0.05) is 17.8 Å². The van der Waals surface area contributed by atoms with Crippen molar-refractivity contribution in [2.45, 2.75) is 70.8 Å². The standard InChI is InChI=1S/C25H32O8/c1-24-9-8-15(27)10-14(24)2-3-16-17-4-5-18(25(17,13-26)11-19(28)23(16)24)20(29)12-33-22(32)7-6-21(30)31/h10,13,16-19,23,28H,2-9,11-12H2,1H3,(H,30,31). The number of ether oxygens (including phenoxy) is 1. The van der Waals surface area contributed by atoms with Crippen LogP contribution in [0.25, 0.3) is 0 Å². The lowest BCUT2D eigenvalue weighted by atomic mass is 9.45. The number of aliphatic hydroxyl groups is 1. The number of carboxylic acids is 1. The Balaban J connectivity index is 1.52. The van der Waals surface area contributed by atoms with Crippen molar-refractivity contribution in [3.8, 4) is 0 Å². The highest BCUT2D eigenvalue weighted by Crippen LogP contribution is 2.66. The van der Waals surface area contributed by atoms with Crippen LogP contribution >= 0.6 is 0 Å². The van der Waals surface area contributed by atoms with Gasteiger partial charge in [0.2, 0.25) is 0 Å². The Morgan fingerprint density at radius 3 is 2.64 bits per heavy atom. The minimum Gasteiger partial charge on any atom is -0.481 e. The Bertz CT molecular complexity index is 906. The molecule has 7 atom stereocenters. The van der Waals surface area contributed by atoms with Gasteiger partial charge in [-0.3, -0.25) is 19.2 Å². The van der Waals surface area contributed by atoms with Gasteiger partial charge in [-0.05, 0) is 67.8 Å². The second-order valence-electron chi connectivity index (χ2n) is 10.5. The molecule has 0 aromatic heterocycles. The zero-order chi connectivity index (χ0) is 24.0. The summed E-state index contributed by atoms with van der Waals surface area (Å²) >= 11 is 0. The zero-order valence-electron chi connectivity index (χ0n) is 19.0. The van der Waals surface area contributed by atoms with E-state index in [9.17, 15) is 29.1 Å². The first-order chi connectivity index (χ1) is 15.6. The van der Waals surface area contributed by atoms with Gasteiger partial charge in [-0.15, -0.1) is 0 Å². The predicted octanol–water partition coefficient (Wildman–Crippen LogP) is 2.26. The minimum atomic E-state index is -1.12. The van der Waals surface area contributed by atoms with E-state index in [-0.39, 0.29) is 54.0 Å². The molecule has 3 saturated carbocycles. The second-order valence-corrected chi connectivity index (χ2v) is 10.5. The van der Waals surface area contributed by atoms with Crippen LogP contribution < -0.4 is 0 Å². The maximum absolute atomic E-state index is 13.0. The van der Waals surface area contributed by atoms with Crippen LogP contribution in [-0.2, 0) is 28.7 Å². The average molecular weight is 461 g/mol. The highest BCUT2D eigenvalue weighted by molar-refractivity contribution is 5.92. The number of rotatable bonds is 7. The van der Waals surface area contributed by atoms with Gasteiger partial charge in [-0.2, -0.15) is 0 Å². The fraction of sp³-hybridized carbons (Fsp3) is 0.720. The van der Waals surface area contributed by atoms with Gasteiger partial charge in [0.1, 0.15) is 12.9 Å². The Labute approximate surface area is 192 Å². The Morgan fingerprint density at radius 2 is 1.94 bits per heavy atom. The summed E-state index contributed by atoms with van der Waals surface area (Å²) in [6, 6.07) is 0. The summed E-state index contributed by atoms with van der Waals surface area (Å²) in [7, 11) is 0. The number of carboxylic acid groups (broad SMARTS) is 1. The second kappa shape index (κ2) is 8.78. The van der Waals surface area contributed by atoms with E-state index in [4.69, 9.17) is 9.84 Å². The largest absolute Gasteiger partial charge is 0.481 e. The number of hydrogen-bond acceptors (Lipinski definition) is 7. The van der Waals surface area contributed by atoms with Gasteiger partial charge < -0.3 is 19.7 Å². The molecule has 4 aliphatic carbocycles. The van der Waals surface area contributed by atoms with Crippen LogP contribution in [0.3, 0.4) is 0 Å². The topological polar surface area (TPSA) is 135 Å². The molecule has 2 N–H and O–H groups in total. The molecule has 0 bridgehead atoms. The Morgan fingerprint density at radius 1 is 1.18 bits per heavy atom. The van der Waals surface area contributed by atoms with Crippen molar-refractivity contribution in [1.29, 1.82) is 0 Å². The monoisotopic (exact) mass is 460 g/mol. The summed E-state index contributed by atoms with van der Waals surface area (Å²) in [5.74, 6) is -2.70. The number of Topliss-reactive ketones (excluding diaryl/α,β-unsaturated/α-hetero) is 1. The van der Waals surface area contributed by atoms with Gasteiger partial charge in [-0.25, -0.2) is 0 Å². The van der Waals surface area contributed by atoms with Crippen molar-refractivity contribution in [3.05, 3.63) is 11.6 Å². The lowest BCUT2D eigenvalue weighted by Gasteiger charge is -2.59. The van der Waals surface area contributed by atoms with Crippen molar-refractivity contribution < 1.29 is 38.9 Å². The number of carbonyl (C=O) groups is 5. The molecule has 180 valence electrons. The Kier molecular flexibility index (Phi) is 6.33. The molecule has 0 spiro atoms. The summed E-state index contributed by atoms with van der Waals surface area (Å²) < 4.78 is 5.00. The van der Waals surface area contributed by atoms with E-state index in [2.05, 4.69) is 6.92 Å². The maximum atomic E-state index is 13.0. The van der Waals surface area contributed by atoms with E-state index in [0.717, 1.165) is 24.7 Å². The summed E-state index contributed by atoms with van der Waals surface area (Å²) in [6.45, 7) is 1.65. The molecule has 4 rings (SSSR count). The van der Waals surface area contributed by atoms with E-state index in [0.29, 0.717) is 25.7 Å². The Hall–Kier alpha value is -2.35. The molecule has 8 nitrogen and oxygen atoms in total. The first kappa shape index (κ1) is 23.8. The van der Waals surface area contributed by atoms with E-state index in [1.54, 1.807) is 6.08 Å². The third kappa shape index (κ3) is 3.96. The molecular formula is C25H32O8. The number of hydrogen-bond donors (Lipinski definition) is 2. The molecule has 0 aromatic carbocycles. The quantitative estimate of drug-likeness (QED) is 0.436. The van der Waals surface area contributed by atoms with Gasteiger partial charge in [0.25, 0.3) is 0 Å². The normalized spacial score (nSPS) is 39.5. The molecule has 8 heteroatoms. The van der Waals surface area contributed by atoms with Crippen molar-refractivity contribution in [1.82, 2.24) is 0 Å². The molecule has 0 saturated heterocycles. The molecule has 0 aromatic rings. The fourth-order valence-corrected chi connectivity index (χ4v) is 7.60. The van der Waals surface area contributed by atoms with Crippen LogP contribution in [0.4, 0.5) is 0 Å². The number of esters is 1. The smallest absolute Gasteiger partial charge is 0.306 e. The summed E-state index contributed by atoms with van der Waals surface area (Å²) in [5, 5.41) is 20.0. The maximum Gasteiger partial charge on any atom is 0.306 e. The van der Waals surface area contributed by atoms with Crippen LogP contribution in [0.1, 0.15) is 64.7 Å². The van der Waals surface area contributed by atoms with Crippen molar-refractivity contribution in [2.75, 3.05) is 6.61 Å². The number of aliphatic hydroxyl groups excluding tert-OH is 1. The molecular weight excluding hydrogens is 428 g/mol. The fourth-order valence-electron chi connectivity index (χ4n) is 7.60. The number of ketones is 2. The summed E-state index contributed by atoms with van der Waals surface area (Å²) in [6.07, 6.45) is 5.29. The molecule has 4 aliphatic rings. The van der Waals surface area contributed by atoms with E-state index in [1.165, 1.54) is 0 Å². The van der Waals surface area contributed by atoms with Crippen molar-refractivity contribution in [2.24, 2.45) is 34.5 Å². The molecule has 7 unspecified atom stereocenters. The van der Waals surface area contributed by atoms with Gasteiger partial charge in [0.15, 0.2) is 11.6 Å². The lowest BCUT2D eigenvalue weighted by molar-refractivity contribution is -0.160. The number of carbonyl (C=O) groups excluding carboxylic acids is 4. The third-order valence-corrected chi connectivity index (χ3v) is 9.03. The summed E-state index contributed by atoms with van der Waals surface area (Å²) in [4.78, 5) is 59.9. The predicted molar refractivity (Wildman–Crippen MR) is 115 cm³/mol. The van der Waals surface area contributed by atoms with Crippen LogP contribution in [0.15, 0.2) is 11.6 Å². The first-order valence-electron chi connectivity index (χ1n) is 11.9. The SMILES string of the molecule is CC12CCC(=O)C=C1CCC1C2C(O)CC2(C=O)C(C(=O)COC(=O)CCC(=O)O)CCC12. The first-order valence-corrected chi connectivity index (χ1v) is 11.9. The highest BCUT2D eigenvalue weighted by Gasteiger charge is 2.64. The number of allylic oxidation sites excluding steroid dienone is 1. The van der Waals surface area contributed by atoms with E-state index < -0.39 is 36.0 Å². The molecule has 0 aliphatic heterocycles. The molecule has 0 radical (unpaired) electrons. The van der Waals surface area contributed by atoms with Gasteiger partial charge >= 0.3 is 11.9 Å². The number of fused-ring (bicyclic) bond motifs is 5. The van der Waals surface area contributed by atoms with E-state index in [1.807, 2.05) is 0 Å². The van der Waals surface area contributed by atoms with Crippen LogP contribution in [0.2, 0.25) is 0 Å². The van der Waals surface area contributed by atoms with Crippen molar-refractivity contribution >= 4 is 29.8 Å². The molecule has 33 heavy (non-hydrogen) atoms. The molecule has 3 fully saturated rings.